The first kappa shape index (κ1) is 25.1. The summed E-state index contributed by atoms with van der Waals surface area (Å²) in [4.78, 5) is 0. The van der Waals surface area contributed by atoms with Gasteiger partial charge in [0.05, 0.1) is 11.6 Å². The molecule has 0 aromatic heterocycles. The third-order valence-electron chi connectivity index (χ3n) is 5.42. The van der Waals surface area contributed by atoms with Gasteiger partial charge in [-0.25, -0.2) is 4.67 Å². The molecule has 0 radical (unpaired) electrons. The van der Waals surface area contributed by atoms with Gasteiger partial charge < -0.3 is 13.4 Å². The molecule has 2 aromatic rings. The minimum atomic E-state index is -2.54. The van der Waals surface area contributed by atoms with Gasteiger partial charge in [-0.3, -0.25) is 0 Å². The van der Waals surface area contributed by atoms with Gasteiger partial charge in [0.15, 0.2) is 24.0 Å². The third-order valence-corrected chi connectivity index (χ3v) is 12.9. The van der Waals surface area contributed by atoms with Gasteiger partial charge in [-0.15, -0.1) is 0 Å². The molecule has 1 heterocycles. The van der Waals surface area contributed by atoms with Crippen molar-refractivity contribution in [2.45, 2.75) is 64.2 Å². The molecule has 0 unspecified atom stereocenters. The summed E-state index contributed by atoms with van der Waals surface area (Å²) in [5, 5.41) is 9.29. The molecule has 2 aromatic carbocycles. The first-order chi connectivity index (χ1) is 14.9. The molecule has 0 amide bonds. The van der Waals surface area contributed by atoms with Crippen LogP contribution in [0.3, 0.4) is 0 Å². The van der Waals surface area contributed by atoms with Crippen LogP contribution in [-0.2, 0) is 8.95 Å². The third kappa shape index (κ3) is 5.51. The highest BCUT2D eigenvalue weighted by molar-refractivity contribution is 7.60. The minimum Gasteiger partial charge on any atom is -0.402 e. The van der Waals surface area contributed by atoms with Crippen molar-refractivity contribution in [1.29, 1.82) is 5.26 Å². The predicted molar refractivity (Wildman–Crippen MR) is 139 cm³/mol. The highest BCUT2D eigenvalue weighted by Gasteiger charge is 2.51. The van der Waals surface area contributed by atoms with Gasteiger partial charge in [0.25, 0.3) is 0 Å². The first-order valence-corrected chi connectivity index (χ1v) is 19.7. The van der Waals surface area contributed by atoms with Crippen LogP contribution in [0.2, 0.25) is 39.3 Å². The van der Waals surface area contributed by atoms with Crippen LogP contribution in [0.25, 0.3) is 0 Å². The fourth-order valence-electron chi connectivity index (χ4n) is 3.95. The standard InChI is InChI=1S/C24H36N3O2PSi2/c1-19-23(21-12-10-9-11-13-21)28-30(27(19)2,26-31(3,4)5)24(29-32(6,7)8)22-16-14-20(18-25)15-17-22/h9-17,19,23-24H,1-8H3/t19-,23-,24+,30+/m0/s1. The molecule has 172 valence electrons. The summed E-state index contributed by atoms with van der Waals surface area (Å²) in [6.45, 7) is 15.6. The molecule has 3 rings (SSSR count). The zero-order chi connectivity index (χ0) is 23.7. The van der Waals surface area contributed by atoms with Crippen LogP contribution in [0, 0.1) is 11.3 Å². The average molecular weight is 486 g/mol. The van der Waals surface area contributed by atoms with Crippen molar-refractivity contribution in [3.8, 4) is 6.07 Å². The van der Waals surface area contributed by atoms with E-state index in [2.05, 4.69) is 88.3 Å². The van der Waals surface area contributed by atoms with Gasteiger partial charge in [0.1, 0.15) is 11.9 Å². The topological polar surface area (TPSA) is 57.9 Å². The maximum atomic E-state index is 9.29. The molecule has 0 spiro atoms. The normalized spacial score (nSPS) is 25.3. The van der Waals surface area contributed by atoms with Gasteiger partial charge in [-0.2, -0.15) is 5.26 Å². The minimum absolute atomic E-state index is 0.0687. The predicted octanol–water partition coefficient (Wildman–Crippen LogP) is 7.37. The van der Waals surface area contributed by atoms with Crippen LogP contribution < -0.4 is 0 Å². The van der Waals surface area contributed by atoms with E-state index < -0.39 is 24.0 Å². The van der Waals surface area contributed by atoms with E-state index in [0.29, 0.717) is 5.56 Å². The van der Waals surface area contributed by atoms with Crippen molar-refractivity contribution < 1.29 is 8.95 Å². The Morgan fingerprint density at radius 2 is 1.62 bits per heavy atom. The number of benzene rings is 2. The van der Waals surface area contributed by atoms with Gasteiger partial charge in [0, 0.05) is 6.04 Å². The second-order valence-electron chi connectivity index (χ2n) is 10.4. The quantitative estimate of drug-likeness (QED) is 0.317. The second kappa shape index (κ2) is 9.38. The largest absolute Gasteiger partial charge is 0.402 e. The van der Waals surface area contributed by atoms with Crippen LogP contribution in [0.5, 0.6) is 0 Å². The summed E-state index contributed by atoms with van der Waals surface area (Å²) < 4.78 is 21.9. The lowest BCUT2D eigenvalue weighted by molar-refractivity contribution is 0.201. The van der Waals surface area contributed by atoms with E-state index in [4.69, 9.17) is 13.4 Å². The Labute approximate surface area is 195 Å². The maximum Gasteiger partial charge on any atom is 0.185 e. The lowest BCUT2D eigenvalue weighted by Gasteiger charge is -2.39. The number of rotatable bonds is 6. The fraction of sp³-hybridized carbons (Fsp3) is 0.458. The Bertz CT molecular complexity index is 1020. The number of hydrogen-bond acceptors (Lipinski definition) is 4. The molecular formula is C24H36N3O2PSi2. The number of nitriles is 1. The SMILES string of the molecule is C[C@H]1[C@@H](c2ccccc2)O[P@@](=N[Si](C)(C)C)([C@@H](O[Si](C)(C)C)c2ccc(C#N)cc2)N1C. The summed E-state index contributed by atoms with van der Waals surface area (Å²) in [5.74, 6) is -0.283. The molecule has 32 heavy (non-hydrogen) atoms. The Kier molecular flexibility index (Phi) is 7.36. The van der Waals surface area contributed by atoms with E-state index in [0.717, 1.165) is 5.56 Å². The Morgan fingerprint density at radius 3 is 2.12 bits per heavy atom. The average Bonchev–Trinajstić information content (AvgIpc) is 2.97. The summed E-state index contributed by atoms with van der Waals surface area (Å²) in [5.41, 5.74) is 2.85. The molecule has 1 fully saturated rings. The number of hydrogen-bond donors (Lipinski definition) is 0. The molecule has 0 aliphatic carbocycles. The van der Waals surface area contributed by atoms with Crippen LogP contribution in [-0.4, -0.2) is 34.3 Å². The van der Waals surface area contributed by atoms with Gasteiger partial charge in [-0.1, -0.05) is 42.5 Å². The van der Waals surface area contributed by atoms with E-state index in [1.807, 2.05) is 30.3 Å². The molecule has 1 aliphatic rings. The van der Waals surface area contributed by atoms with Crippen molar-refractivity contribution in [2.75, 3.05) is 7.05 Å². The molecule has 0 saturated carbocycles. The van der Waals surface area contributed by atoms with Crippen LogP contribution >= 0.6 is 7.43 Å². The maximum absolute atomic E-state index is 9.29. The smallest absolute Gasteiger partial charge is 0.185 e. The summed E-state index contributed by atoms with van der Waals surface area (Å²) in [6.07, 6.45) is -0.0687. The number of likely N-dealkylation sites (N-methyl/N-ethyl adjacent to an activating group) is 1. The van der Waals surface area contributed by atoms with E-state index in [9.17, 15) is 5.26 Å². The molecule has 4 atom stereocenters. The molecule has 1 aliphatic heterocycles. The lowest BCUT2D eigenvalue weighted by Crippen LogP contribution is -2.32. The molecular weight excluding hydrogens is 449 g/mol. The van der Waals surface area contributed by atoms with E-state index in [-0.39, 0.29) is 18.0 Å². The van der Waals surface area contributed by atoms with E-state index in [1.54, 1.807) is 0 Å². The van der Waals surface area contributed by atoms with Crippen molar-refractivity contribution in [2.24, 2.45) is 4.41 Å². The fourth-order valence-corrected chi connectivity index (χ4v) is 13.3. The molecule has 5 nitrogen and oxygen atoms in total. The summed E-state index contributed by atoms with van der Waals surface area (Å²) >= 11 is 0. The molecule has 8 heteroatoms. The highest BCUT2D eigenvalue weighted by Crippen LogP contribution is 2.73. The second-order valence-corrected chi connectivity index (χ2v) is 22.5. The van der Waals surface area contributed by atoms with Crippen LogP contribution in [0.15, 0.2) is 59.0 Å². The van der Waals surface area contributed by atoms with E-state index in [1.165, 1.54) is 5.56 Å². The van der Waals surface area contributed by atoms with Crippen molar-refractivity contribution in [3.63, 3.8) is 0 Å². The highest BCUT2D eigenvalue weighted by atomic mass is 31.2. The first-order valence-electron chi connectivity index (χ1n) is 11.1. The Balaban J connectivity index is 2.23. The molecule has 0 bridgehead atoms. The Hall–Kier alpha value is -1.53. The van der Waals surface area contributed by atoms with Crippen LogP contribution in [0.1, 0.15) is 35.6 Å². The van der Waals surface area contributed by atoms with Gasteiger partial charge in [-0.05, 0) is 76.5 Å². The van der Waals surface area contributed by atoms with Crippen molar-refractivity contribution in [1.82, 2.24) is 4.67 Å². The van der Waals surface area contributed by atoms with Crippen molar-refractivity contribution >= 4 is 24.0 Å². The monoisotopic (exact) mass is 485 g/mol. The van der Waals surface area contributed by atoms with Gasteiger partial charge >= 0.3 is 0 Å². The van der Waals surface area contributed by atoms with Crippen molar-refractivity contribution in [3.05, 3.63) is 71.3 Å². The van der Waals surface area contributed by atoms with Crippen LogP contribution in [0.4, 0.5) is 0 Å². The zero-order valence-electron chi connectivity index (χ0n) is 20.5. The lowest BCUT2D eigenvalue weighted by atomic mass is 10.0. The zero-order valence-corrected chi connectivity index (χ0v) is 23.4. The number of nitrogens with zero attached hydrogens (tertiary/aromatic N) is 3. The molecule has 0 N–H and O–H groups in total. The van der Waals surface area contributed by atoms with E-state index >= 15 is 0 Å². The summed E-state index contributed by atoms with van der Waals surface area (Å²) in [7, 11) is -4.24. The molecule has 1 saturated heterocycles. The Morgan fingerprint density at radius 1 is 1.03 bits per heavy atom. The summed E-state index contributed by atoms with van der Waals surface area (Å²) in [6, 6.07) is 20.6. The van der Waals surface area contributed by atoms with Gasteiger partial charge in [0.2, 0.25) is 0 Å².